The molecular weight excluding hydrogens is 750 g/mol. The third-order valence-corrected chi connectivity index (χ3v) is 11.8. The number of hydrogen-bond donors (Lipinski definition) is 2. The van der Waals surface area contributed by atoms with Gasteiger partial charge in [0.15, 0.2) is 5.11 Å². The Morgan fingerprint density at radius 2 is 1.77 bits per heavy atom. The van der Waals surface area contributed by atoms with E-state index in [-0.39, 0.29) is 65.7 Å². The monoisotopic (exact) mass is 796 g/mol. The van der Waals surface area contributed by atoms with Crippen LogP contribution in [0.25, 0.3) is 0 Å². The van der Waals surface area contributed by atoms with Crippen molar-refractivity contribution in [2.24, 2.45) is 0 Å². The second kappa shape index (κ2) is 16.5. The van der Waals surface area contributed by atoms with Crippen molar-refractivity contribution in [2.45, 2.75) is 108 Å². The first kappa shape index (κ1) is 41.1. The molecule has 4 aliphatic rings. The van der Waals surface area contributed by atoms with Gasteiger partial charge in [0.1, 0.15) is 11.4 Å². The number of hydrogen-bond acceptors (Lipinski definition) is 10. The largest absolute Gasteiger partial charge is 0.417 e. The lowest BCUT2D eigenvalue weighted by molar-refractivity contribution is -0.138. The van der Waals surface area contributed by atoms with Gasteiger partial charge in [-0.1, -0.05) is 0 Å². The minimum absolute atomic E-state index is 0.0155. The van der Waals surface area contributed by atoms with Crippen molar-refractivity contribution >= 4 is 52.5 Å². The lowest BCUT2D eigenvalue weighted by Crippen LogP contribution is -2.58. The molecule has 1 aromatic carbocycles. The Bertz CT molecular complexity index is 1900. The number of benzene rings is 1. The van der Waals surface area contributed by atoms with Crippen molar-refractivity contribution in [2.75, 3.05) is 43.0 Å². The highest BCUT2D eigenvalue weighted by molar-refractivity contribution is 7.80. The van der Waals surface area contributed by atoms with Crippen LogP contribution in [0.2, 0.25) is 0 Å². The van der Waals surface area contributed by atoms with Crippen molar-refractivity contribution in [3.05, 3.63) is 53.2 Å². The molecule has 4 fully saturated rings. The zero-order valence-corrected chi connectivity index (χ0v) is 32.7. The molecule has 1 aliphatic carbocycles. The van der Waals surface area contributed by atoms with E-state index in [4.69, 9.17) is 17.0 Å². The van der Waals surface area contributed by atoms with Crippen molar-refractivity contribution in [3.63, 3.8) is 0 Å². The van der Waals surface area contributed by atoms with Crippen LogP contribution in [0.3, 0.4) is 0 Å². The first-order valence-electron chi connectivity index (χ1n) is 19.0. The Kier molecular flexibility index (Phi) is 12.1. The molecule has 4 amide bonds. The van der Waals surface area contributed by atoms with Crippen LogP contribution in [0.4, 0.5) is 24.7 Å². The van der Waals surface area contributed by atoms with Crippen LogP contribution in [0.5, 0.6) is 0 Å². The third kappa shape index (κ3) is 8.73. The number of amides is 4. The molecule has 3 aliphatic heterocycles. The number of alkyl halides is 3. The number of rotatable bonds is 10. The summed E-state index contributed by atoms with van der Waals surface area (Å²) in [5.41, 5.74) is -2.02. The van der Waals surface area contributed by atoms with E-state index in [0.29, 0.717) is 37.3 Å². The van der Waals surface area contributed by atoms with Gasteiger partial charge in [-0.15, -0.1) is 0 Å². The number of pyridine rings is 1. The first-order valence-corrected chi connectivity index (χ1v) is 19.4. The predicted octanol–water partition coefficient (Wildman–Crippen LogP) is 4.57. The predicted molar refractivity (Wildman–Crippen MR) is 204 cm³/mol. The topological polar surface area (TPSA) is 151 Å². The van der Waals surface area contributed by atoms with Crippen LogP contribution in [-0.4, -0.2) is 111 Å². The minimum Gasteiger partial charge on any atom is -0.377 e. The van der Waals surface area contributed by atoms with Crippen molar-refractivity contribution in [1.82, 2.24) is 25.0 Å². The van der Waals surface area contributed by atoms with Gasteiger partial charge in [-0.25, -0.2) is 4.98 Å². The minimum atomic E-state index is -4.77. The third-order valence-electron chi connectivity index (χ3n) is 11.4. The maximum Gasteiger partial charge on any atom is 0.417 e. The van der Waals surface area contributed by atoms with Crippen molar-refractivity contribution < 1.29 is 37.1 Å². The quantitative estimate of drug-likeness (QED) is 0.257. The normalized spacial score (nSPS) is 26.3. The molecule has 13 nitrogen and oxygen atoms in total. The van der Waals surface area contributed by atoms with E-state index in [1.165, 1.54) is 6.07 Å². The van der Waals surface area contributed by atoms with E-state index in [1.807, 2.05) is 4.90 Å². The molecule has 1 aromatic heterocycles. The number of anilines is 2. The van der Waals surface area contributed by atoms with Gasteiger partial charge in [-0.2, -0.15) is 18.4 Å². The molecule has 1 unspecified atom stereocenters. The van der Waals surface area contributed by atoms with Crippen LogP contribution in [0.1, 0.15) is 88.8 Å². The van der Waals surface area contributed by atoms with E-state index in [9.17, 15) is 37.6 Å². The van der Waals surface area contributed by atoms with E-state index in [1.54, 1.807) is 38.2 Å². The summed E-state index contributed by atoms with van der Waals surface area (Å²) in [5.74, 6) is -1.37. The zero-order valence-electron chi connectivity index (χ0n) is 31.9. The summed E-state index contributed by atoms with van der Waals surface area (Å²) < 4.78 is 47.5. The van der Waals surface area contributed by atoms with Gasteiger partial charge in [0.2, 0.25) is 17.7 Å². The fourth-order valence-electron chi connectivity index (χ4n) is 8.52. The van der Waals surface area contributed by atoms with E-state index in [2.05, 4.69) is 39.3 Å². The molecule has 17 heteroatoms. The highest BCUT2D eigenvalue weighted by Gasteiger charge is 2.52. The molecular formula is C39H47F3N8O5S. The van der Waals surface area contributed by atoms with Gasteiger partial charge in [0, 0.05) is 50.4 Å². The number of ether oxygens (including phenoxy) is 1. The summed E-state index contributed by atoms with van der Waals surface area (Å²) in [4.78, 5) is 62.3. The number of carbonyl (C=O) groups is 4. The summed E-state index contributed by atoms with van der Waals surface area (Å²) in [6.07, 6.45) is 0.349. The molecule has 2 aromatic rings. The number of nitrogens with zero attached hydrogens (tertiary/aromatic N) is 6. The molecule has 4 heterocycles. The van der Waals surface area contributed by atoms with Crippen LogP contribution in [-0.2, 0) is 30.1 Å². The second-order valence-electron chi connectivity index (χ2n) is 15.6. The number of nitriles is 1. The summed E-state index contributed by atoms with van der Waals surface area (Å²) in [6, 6.07) is 8.30. The second-order valence-corrected chi connectivity index (χ2v) is 16.0. The molecule has 300 valence electrons. The average molecular weight is 797 g/mol. The fourth-order valence-corrected chi connectivity index (χ4v) is 9.09. The summed E-state index contributed by atoms with van der Waals surface area (Å²) in [7, 11) is 0. The summed E-state index contributed by atoms with van der Waals surface area (Å²) in [6.45, 7) is 10.6. The zero-order chi connectivity index (χ0) is 40.5. The maximum absolute atomic E-state index is 13.7. The lowest BCUT2D eigenvalue weighted by atomic mass is 9.89. The molecule has 1 saturated carbocycles. The van der Waals surface area contributed by atoms with Gasteiger partial charge in [0.25, 0.3) is 5.91 Å². The van der Waals surface area contributed by atoms with Crippen LogP contribution in [0, 0.1) is 11.3 Å². The van der Waals surface area contributed by atoms with E-state index in [0.717, 1.165) is 49.5 Å². The van der Waals surface area contributed by atoms with Gasteiger partial charge in [-0.3, -0.25) is 39.2 Å². The number of thiocarbonyl (C=S) groups is 1. The Hall–Kier alpha value is -4.50. The average Bonchev–Trinajstić information content (AvgIpc) is 3.31. The molecule has 2 N–H and O–H groups in total. The number of piperazine rings is 1. The van der Waals surface area contributed by atoms with Gasteiger partial charge in [0.05, 0.1) is 48.1 Å². The Labute approximate surface area is 329 Å². The Balaban J connectivity index is 0.954. The van der Waals surface area contributed by atoms with E-state index >= 15 is 0 Å². The van der Waals surface area contributed by atoms with Crippen LogP contribution >= 0.6 is 12.2 Å². The molecule has 0 radical (unpaired) electrons. The van der Waals surface area contributed by atoms with Crippen molar-refractivity contribution in [3.8, 4) is 6.07 Å². The van der Waals surface area contributed by atoms with Gasteiger partial charge < -0.3 is 15.0 Å². The molecule has 3 atom stereocenters. The van der Waals surface area contributed by atoms with Crippen LogP contribution < -0.4 is 15.5 Å². The van der Waals surface area contributed by atoms with Crippen molar-refractivity contribution in [1.29, 1.82) is 5.26 Å². The fraction of sp³-hybridized carbons (Fsp3) is 0.564. The van der Waals surface area contributed by atoms with Gasteiger partial charge >= 0.3 is 6.18 Å². The molecule has 0 spiro atoms. The Morgan fingerprint density at radius 3 is 2.41 bits per heavy atom. The summed E-state index contributed by atoms with van der Waals surface area (Å²) >= 11 is 5.73. The van der Waals surface area contributed by atoms with Crippen LogP contribution in [0.15, 0.2) is 36.5 Å². The number of carbonyl (C=O) groups excluding carboxylic acids is 4. The number of halogens is 3. The SMILES string of the molecule is C[C@@H]1CN(CCO[C@H]2CC[C@H](N3C(=S)N(c4ccc(C#N)c(C(F)(F)F)c4)C(=O)C3(C)C)CC2)C[C@H](C)N1CC(=O)Nc1cc(C2CCC(=O)NC2=O)ccn1. The standard InChI is InChI=1S/C39H47F3N8O5S/c1-23-20-47(21-24(2)48(23)22-34(52)45-32-17-25(13-14-44-32)30-11-12-33(51)46-35(30)53)15-16-55-29-9-7-27(8-10-29)50-37(56)49(36(54)38(50,3)4)28-6-5-26(19-43)31(18-28)39(40,41)42/h5-6,13-14,17-18,23-24,27,29-30H,7-12,15-16,20-22H2,1-4H3,(H,44,45,52)(H,46,51,53)/t23-,24+,27-,29-,30?. The summed E-state index contributed by atoms with van der Waals surface area (Å²) in [5, 5.41) is 14.6. The maximum atomic E-state index is 13.7. The number of imide groups is 1. The highest BCUT2D eigenvalue weighted by atomic mass is 32.1. The lowest BCUT2D eigenvalue weighted by Gasteiger charge is -2.44. The van der Waals surface area contributed by atoms with E-state index < -0.39 is 34.7 Å². The molecule has 56 heavy (non-hydrogen) atoms. The Morgan fingerprint density at radius 1 is 1.07 bits per heavy atom. The molecule has 3 saturated heterocycles. The highest BCUT2D eigenvalue weighted by Crippen LogP contribution is 2.41. The number of piperidine rings is 1. The first-order chi connectivity index (χ1) is 26.5. The number of nitrogens with one attached hydrogen (secondary N) is 2. The van der Waals surface area contributed by atoms with Gasteiger partial charge in [-0.05, 0) is 108 Å². The smallest absolute Gasteiger partial charge is 0.377 e. The number of aromatic nitrogens is 1. The molecule has 6 rings (SSSR count). The molecule has 0 bridgehead atoms.